The van der Waals surface area contributed by atoms with Crippen molar-refractivity contribution in [2.45, 2.75) is 12.5 Å². The van der Waals surface area contributed by atoms with Gasteiger partial charge in [-0.3, -0.25) is 4.79 Å². The Hall–Kier alpha value is -2.66. The van der Waals surface area contributed by atoms with Crippen molar-refractivity contribution in [1.29, 1.82) is 0 Å². The first kappa shape index (κ1) is 16.7. The van der Waals surface area contributed by atoms with Gasteiger partial charge in [-0.25, -0.2) is 4.79 Å². The van der Waals surface area contributed by atoms with Crippen LogP contribution in [0.25, 0.3) is 11.1 Å². The fourth-order valence-corrected chi connectivity index (χ4v) is 2.28. The van der Waals surface area contributed by atoms with Gasteiger partial charge in [-0.15, -0.1) is 0 Å². The molecule has 2 aromatic carbocycles. The van der Waals surface area contributed by atoms with E-state index in [9.17, 15) is 9.59 Å². The van der Waals surface area contributed by atoms with Crippen LogP contribution in [0.5, 0.6) is 0 Å². The van der Waals surface area contributed by atoms with Crippen LogP contribution < -0.4 is 5.32 Å². The number of carbonyl (C=O) groups excluding carboxylic acids is 2. The maximum absolute atomic E-state index is 11.7. The Morgan fingerprint density at radius 3 is 2.22 bits per heavy atom. The molecule has 0 saturated carbocycles. The van der Waals surface area contributed by atoms with E-state index in [1.165, 1.54) is 7.11 Å². The monoisotopic (exact) mass is 313 g/mol. The smallest absolute Gasteiger partial charge is 0.328 e. The molecule has 5 nitrogen and oxygen atoms in total. The number of hydrogen-bond donors (Lipinski definition) is 2. The van der Waals surface area contributed by atoms with E-state index in [2.05, 4.69) is 10.1 Å². The largest absolute Gasteiger partial charge is 0.467 e. The Morgan fingerprint density at radius 2 is 1.65 bits per heavy atom. The van der Waals surface area contributed by atoms with Gasteiger partial charge in [-0.1, -0.05) is 54.6 Å². The molecular weight excluding hydrogens is 294 g/mol. The van der Waals surface area contributed by atoms with Crippen molar-refractivity contribution in [3.63, 3.8) is 0 Å². The van der Waals surface area contributed by atoms with Crippen molar-refractivity contribution in [2.75, 3.05) is 13.7 Å². The van der Waals surface area contributed by atoms with Crippen molar-refractivity contribution in [2.24, 2.45) is 0 Å². The quantitative estimate of drug-likeness (QED) is 0.793. The fourth-order valence-electron chi connectivity index (χ4n) is 2.28. The Morgan fingerprint density at radius 1 is 1.04 bits per heavy atom. The molecule has 0 aliphatic rings. The molecule has 1 amide bonds. The van der Waals surface area contributed by atoms with Crippen molar-refractivity contribution in [3.8, 4) is 11.1 Å². The van der Waals surface area contributed by atoms with Crippen LogP contribution in [0.4, 0.5) is 0 Å². The summed E-state index contributed by atoms with van der Waals surface area (Å²) in [5.74, 6) is -1.15. The Kier molecular flexibility index (Phi) is 5.88. The van der Waals surface area contributed by atoms with Gasteiger partial charge in [-0.2, -0.15) is 0 Å². The predicted molar refractivity (Wildman–Crippen MR) is 86.6 cm³/mol. The number of rotatable bonds is 6. The summed E-state index contributed by atoms with van der Waals surface area (Å²) in [5.41, 5.74) is 3.07. The van der Waals surface area contributed by atoms with Crippen molar-refractivity contribution in [1.82, 2.24) is 5.32 Å². The number of aliphatic hydroxyl groups is 1. The summed E-state index contributed by atoms with van der Waals surface area (Å²) in [7, 11) is 1.26. The zero-order valence-electron chi connectivity index (χ0n) is 12.9. The van der Waals surface area contributed by atoms with Crippen molar-refractivity contribution >= 4 is 11.9 Å². The molecule has 120 valence electrons. The molecule has 0 aliphatic heterocycles. The highest BCUT2D eigenvalue weighted by Crippen LogP contribution is 2.19. The Labute approximate surface area is 134 Å². The van der Waals surface area contributed by atoms with Gasteiger partial charge < -0.3 is 15.2 Å². The minimum atomic E-state index is -0.817. The summed E-state index contributed by atoms with van der Waals surface area (Å²) in [6, 6.07) is 16.9. The van der Waals surface area contributed by atoms with Crippen LogP contribution in [0.2, 0.25) is 0 Å². The van der Waals surface area contributed by atoms with Crippen molar-refractivity contribution < 1.29 is 19.4 Å². The standard InChI is InChI=1S/C18H19NO4/c1-23-18(22)16(19-17(21)12-20)11-13-7-9-15(10-8-13)14-5-3-2-4-6-14/h2-10,16,20H,11-12H2,1H3,(H,19,21)/t16-/m0/s1. The molecule has 0 bridgehead atoms. The van der Waals surface area contributed by atoms with Crippen LogP contribution in [0.3, 0.4) is 0 Å². The van der Waals surface area contributed by atoms with Crippen LogP contribution in [-0.2, 0) is 20.7 Å². The lowest BCUT2D eigenvalue weighted by Crippen LogP contribution is -2.44. The van der Waals surface area contributed by atoms with Crippen LogP contribution in [0.15, 0.2) is 54.6 Å². The zero-order chi connectivity index (χ0) is 16.7. The molecule has 0 spiro atoms. The average Bonchev–Trinajstić information content (AvgIpc) is 2.61. The van der Waals surface area contributed by atoms with E-state index in [0.717, 1.165) is 16.7 Å². The molecular formula is C18H19NO4. The van der Waals surface area contributed by atoms with E-state index < -0.39 is 24.5 Å². The maximum atomic E-state index is 11.7. The first-order chi connectivity index (χ1) is 11.1. The lowest BCUT2D eigenvalue weighted by molar-refractivity contribution is -0.145. The van der Waals surface area contributed by atoms with Gasteiger partial charge in [0.15, 0.2) is 0 Å². The summed E-state index contributed by atoms with van der Waals surface area (Å²) in [6.45, 7) is -0.666. The number of aliphatic hydroxyl groups excluding tert-OH is 1. The molecule has 0 fully saturated rings. The number of methoxy groups -OCH3 is 1. The third-order valence-electron chi connectivity index (χ3n) is 3.47. The summed E-state index contributed by atoms with van der Waals surface area (Å²) >= 11 is 0. The first-order valence-corrected chi connectivity index (χ1v) is 7.26. The van der Waals surface area contributed by atoms with Gasteiger partial charge in [-0.05, 0) is 16.7 Å². The van der Waals surface area contributed by atoms with Gasteiger partial charge in [0, 0.05) is 6.42 Å². The molecule has 0 aliphatic carbocycles. The molecule has 0 unspecified atom stereocenters. The highest BCUT2D eigenvalue weighted by atomic mass is 16.5. The normalized spacial score (nSPS) is 11.6. The van der Waals surface area contributed by atoms with E-state index in [4.69, 9.17) is 5.11 Å². The Bertz CT molecular complexity index is 652. The highest BCUT2D eigenvalue weighted by Gasteiger charge is 2.21. The minimum Gasteiger partial charge on any atom is -0.467 e. The van der Waals surface area contributed by atoms with E-state index in [1.54, 1.807) is 0 Å². The van der Waals surface area contributed by atoms with Gasteiger partial charge in [0.05, 0.1) is 7.11 Å². The van der Waals surface area contributed by atoms with Gasteiger partial charge >= 0.3 is 5.97 Å². The molecule has 1 atom stereocenters. The fraction of sp³-hybridized carbons (Fsp3) is 0.222. The Balaban J connectivity index is 2.11. The molecule has 0 heterocycles. The van der Waals surface area contributed by atoms with Gasteiger partial charge in [0.25, 0.3) is 0 Å². The van der Waals surface area contributed by atoms with E-state index >= 15 is 0 Å². The maximum Gasteiger partial charge on any atom is 0.328 e. The molecule has 2 N–H and O–H groups in total. The number of amides is 1. The molecule has 0 saturated heterocycles. The molecule has 23 heavy (non-hydrogen) atoms. The second kappa shape index (κ2) is 8.10. The molecule has 0 aromatic heterocycles. The van der Waals surface area contributed by atoms with Gasteiger partial charge in [0.2, 0.25) is 5.91 Å². The second-order valence-electron chi connectivity index (χ2n) is 5.07. The molecule has 5 heteroatoms. The third kappa shape index (κ3) is 4.66. The van der Waals surface area contributed by atoms with Crippen LogP contribution in [0.1, 0.15) is 5.56 Å². The zero-order valence-corrected chi connectivity index (χ0v) is 12.9. The molecule has 2 rings (SSSR count). The van der Waals surface area contributed by atoms with Crippen LogP contribution in [-0.4, -0.2) is 36.7 Å². The van der Waals surface area contributed by atoms with Gasteiger partial charge in [0.1, 0.15) is 12.6 Å². The first-order valence-electron chi connectivity index (χ1n) is 7.26. The second-order valence-corrected chi connectivity index (χ2v) is 5.07. The van der Waals surface area contributed by atoms with Crippen molar-refractivity contribution in [3.05, 3.63) is 60.2 Å². The number of carbonyl (C=O) groups is 2. The van der Waals surface area contributed by atoms with Crippen LogP contribution in [0, 0.1) is 0 Å². The number of ether oxygens (including phenoxy) is 1. The lowest BCUT2D eigenvalue weighted by atomic mass is 10.0. The highest BCUT2D eigenvalue weighted by molar-refractivity contribution is 5.85. The molecule has 2 aromatic rings. The number of nitrogens with one attached hydrogen (secondary N) is 1. The average molecular weight is 313 g/mol. The minimum absolute atomic E-state index is 0.299. The SMILES string of the molecule is COC(=O)[C@H](Cc1ccc(-c2ccccc2)cc1)NC(=O)CO. The summed E-state index contributed by atoms with van der Waals surface area (Å²) in [4.78, 5) is 23.0. The third-order valence-corrected chi connectivity index (χ3v) is 3.47. The van der Waals surface area contributed by atoms with Crippen LogP contribution >= 0.6 is 0 Å². The molecule has 0 radical (unpaired) electrons. The number of hydrogen-bond acceptors (Lipinski definition) is 4. The number of benzene rings is 2. The van der Waals surface area contributed by atoms with E-state index in [-0.39, 0.29) is 0 Å². The summed E-state index contributed by atoms with van der Waals surface area (Å²) in [5, 5.41) is 11.3. The lowest BCUT2D eigenvalue weighted by Gasteiger charge is -2.16. The predicted octanol–water partition coefficient (Wildman–Crippen LogP) is 1.55. The summed E-state index contributed by atoms with van der Waals surface area (Å²) < 4.78 is 4.69. The number of esters is 1. The van der Waals surface area contributed by atoms with E-state index in [0.29, 0.717) is 6.42 Å². The topological polar surface area (TPSA) is 75.6 Å². The summed E-state index contributed by atoms with van der Waals surface area (Å²) in [6.07, 6.45) is 0.299. The van der Waals surface area contributed by atoms with E-state index in [1.807, 2.05) is 54.6 Å².